The highest BCUT2D eigenvalue weighted by Gasteiger charge is 2.23. The lowest BCUT2D eigenvalue weighted by atomic mass is 10.0. The van der Waals surface area contributed by atoms with Crippen molar-refractivity contribution in [3.8, 4) is 5.75 Å². The molecule has 1 aromatic rings. The normalized spacial score (nSPS) is 17.7. The Kier molecular flexibility index (Phi) is 5.63. The Morgan fingerprint density at radius 2 is 2.18 bits per heavy atom. The van der Waals surface area contributed by atoms with Gasteiger partial charge < -0.3 is 19.7 Å². The first-order valence-electron chi connectivity index (χ1n) is 7.47. The van der Waals surface area contributed by atoms with Crippen LogP contribution in [0.5, 0.6) is 5.75 Å². The molecule has 0 saturated carbocycles. The molecule has 1 heterocycles. The van der Waals surface area contributed by atoms with Gasteiger partial charge in [0.15, 0.2) is 6.61 Å². The van der Waals surface area contributed by atoms with Crippen molar-refractivity contribution in [3.63, 3.8) is 0 Å². The number of urea groups is 1. The standard InChI is InChI=1S/C16H22N2O4/c1-12-6-3-4-9-18(12)16(20)17-13-7-5-8-14(10-13)22-11-15(19)21-2/h5,7-8,10,12H,3-4,6,9,11H2,1-2H3,(H,17,20)/t12-/m1/s1. The van der Waals surface area contributed by atoms with Gasteiger partial charge in [0.2, 0.25) is 0 Å². The van der Waals surface area contributed by atoms with E-state index in [0.717, 1.165) is 19.4 Å². The van der Waals surface area contributed by atoms with E-state index in [1.807, 2.05) is 4.90 Å². The van der Waals surface area contributed by atoms with Gasteiger partial charge in [0.1, 0.15) is 5.75 Å². The number of rotatable bonds is 4. The van der Waals surface area contributed by atoms with Crippen LogP contribution in [0, 0.1) is 0 Å². The number of carbonyl (C=O) groups excluding carboxylic acids is 2. The van der Waals surface area contributed by atoms with Crippen molar-refractivity contribution in [2.45, 2.75) is 32.2 Å². The van der Waals surface area contributed by atoms with Gasteiger partial charge in [-0.2, -0.15) is 0 Å². The van der Waals surface area contributed by atoms with Crippen molar-refractivity contribution in [2.24, 2.45) is 0 Å². The van der Waals surface area contributed by atoms with E-state index in [2.05, 4.69) is 17.0 Å². The highest BCUT2D eigenvalue weighted by Crippen LogP contribution is 2.20. The molecule has 2 amide bonds. The number of benzene rings is 1. The van der Waals surface area contributed by atoms with E-state index in [0.29, 0.717) is 11.4 Å². The Morgan fingerprint density at radius 1 is 1.36 bits per heavy atom. The Labute approximate surface area is 130 Å². The molecule has 120 valence electrons. The molecular weight excluding hydrogens is 284 g/mol. The summed E-state index contributed by atoms with van der Waals surface area (Å²) in [6.45, 7) is 2.69. The van der Waals surface area contributed by atoms with Crippen LogP contribution in [0.2, 0.25) is 0 Å². The number of hydrogen-bond donors (Lipinski definition) is 1. The van der Waals surface area contributed by atoms with Crippen LogP contribution in [0.1, 0.15) is 26.2 Å². The summed E-state index contributed by atoms with van der Waals surface area (Å²) in [5, 5.41) is 2.87. The van der Waals surface area contributed by atoms with Crippen molar-refractivity contribution in [2.75, 3.05) is 25.6 Å². The maximum atomic E-state index is 12.3. The number of ether oxygens (including phenoxy) is 2. The highest BCUT2D eigenvalue weighted by atomic mass is 16.6. The Hall–Kier alpha value is -2.24. The maximum Gasteiger partial charge on any atom is 0.343 e. The zero-order valence-electron chi connectivity index (χ0n) is 13.0. The van der Waals surface area contributed by atoms with E-state index in [4.69, 9.17) is 4.74 Å². The molecule has 1 saturated heterocycles. The molecule has 1 aliphatic rings. The van der Waals surface area contributed by atoms with Crippen molar-refractivity contribution in [3.05, 3.63) is 24.3 Å². The fraction of sp³-hybridized carbons (Fsp3) is 0.500. The zero-order valence-corrected chi connectivity index (χ0v) is 13.0. The van der Waals surface area contributed by atoms with Crippen LogP contribution in [0.4, 0.5) is 10.5 Å². The summed E-state index contributed by atoms with van der Waals surface area (Å²) >= 11 is 0. The predicted octanol–water partition coefficient (Wildman–Crippen LogP) is 2.64. The molecule has 1 aliphatic heterocycles. The topological polar surface area (TPSA) is 67.9 Å². The van der Waals surface area contributed by atoms with Crippen LogP contribution in [-0.2, 0) is 9.53 Å². The summed E-state index contributed by atoms with van der Waals surface area (Å²) in [4.78, 5) is 25.2. The molecule has 0 radical (unpaired) electrons. The minimum absolute atomic E-state index is 0.0997. The van der Waals surface area contributed by atoms with Gasteiger partial charge in [-0.25, -0.2) is 9.59 Å². The van der Waals surface area contributed by atoms with E-state index >= 15 is 0 Å². The average Bonchev–Trinajstić information content (AvgIpc) is 2.53. The summed E-state index contributed by atoms with van der Waals surface area (Å²) in [5.41, 5.74) is 0.644. The molecular formula is C16H22N2O4. The lowest BCUT2D eigenvalue weighted by Crippen LogP contribution is -2.44. The minimum atomic E-state index is -0.448. The van der Waals surface area contributed by atoms with Gasteiger partial charge in [-0.05, 0) is 38.3 Å². The molecule has 0 aliphatic carbocycles. The molecule has 0 bridgehead atoms. The van der Waals surface area contributed by atoms with Gasteiger partial charge in [-0.15, -0.1) is 0 Å². The molecule has 0 aromatic heterocycles. The lowest BCUT2D eigenvalue weighted by molar-refractivity contribution is -0.142. The first-order valence-corrected chi connectivity index (χ1v) is 7.47. The number of nitrogens with zero attached hydrogens (tertiary/aromatic N) is 1. The number of nitrogens with one attached hydrogen (secondary N) is 1. The van der Waals surface area contributed by atoms with Crippen molar-refractivity contribution in [1.29, 1.82) is 0 Å². The number of likely N-dealkylation sites (tertiary alicyclic amines) is 1. The molecule has 1 atom stereocenters. The fourth-order valence-corrected chi connectivity index (χ4v) is 2.46. The van der Waals surface area contributed by atoms with Crippen molar-refractivity contribution >= 4 is 17.7 Å². The minimum Gasteiger partial charge on any atom is -0.482 e. The van der Waals surface area contributed by atoms with Crippen LogP contribution in [0.15, 0.2) is 24.3 Å². The monoisotopic (exact) mass is 306 g/mol. The van der Waals surface area contributed by atoms with Gasteiger partial charge in [0.25, 0.3) is 0 Å². The van der Waals surface area contributed by atoms with E-state index in [1.165, 1.54) is 13.5 Å². The quantitative estimate of drug-likeness (QED) is 0.868. The van der Waals surface area contributed by atoms with Crippen LogP contribution < -0.4 is 10.1 Å². The number of amides is 2. The number of anilines is 1. The number of carbonyl (C=O) groups is 2. The first-order chi connectivity index (χ1) is 10.6. The number of hydrogen-bond acceptors (Lipinski definition) is 4. The van der Waals surface area contributed by atoms with Gasteiger partial charge in [-0.3, -0.25) is 0 Å². The molecule has 0 unspecified atom stereocenters. The van der Waals surface area contributed by atoms with E-state index in [9.17, 15) is 9.59 Å². The van der Waals surface area contributed by atoms with Crippen LogP contribution >= 0.6 is 0 Å². The van der Waals surface area contributed by atoms with Gasteiger partial charge in [-0.1, -0.05) is 6.07 Å². The summed E-state index contributed by atoms with van der Waals surface area (Å²) in [7, 11) is 1.31. The third-order valence-electron chi connectivity index (χ3n) is 3.73. The predicted molar refractivity (Wildman–Crippen MR) is 83.0 cm³/mol. The van der Waals surface area contributed by atoms with Crippen molar-refractivity contribution in [1.82, 2.24) is 4.90 Å². The summed E-state index contributed by atoms with van der Waals surface area (Å²) in [6.07, 6.45) is 3.25. The zero-order chi connectivity index (χ0) is 15.9. The highest BCUT2D eigenvalue weighted by molar-refractivity contribution is 5.89. The lowest BCUT2D eigenvalue weighted by Gasteiger charge is -2.33. The number of piperidine rings is 1. The molecule has 1 aromatic carbocycles. The summed E-state index contributed by atoms with van der Waals surface area (Å²) < 4.78 is 9.83. The van der Waals surface area contributed by atoms with Crippen LogP contribution in [0.25, 0.3) is 0 Å². The van der Waals surface area contributed by atoms with Gasteiger partial charge in [0.05, 0.1) is 7.11 Å². The largest absolute Gasteiger partial charge is 0.482 e. The molecule has 1 N–H and O–H groups in total. The molecule has 6 heteroatoms. The second kappa shape index (κ2) is 7.68. The third kappa shape index (κ3) is 4.38. The Morgan fingerprint density at radius 3 is 2.91 bits per heavy atom. The van der Waals surface area contributed by atoms with E-state index in [-0.39, 0.29) is 18.7 Å². The number of esters is 1. The molecule has 6 nitrogen and oxygen atoms in total. The fourth-order valence-electron chi connectivity index (χ4n) is 2.46. The Bertz CT molecular complexity index is 533. The van der Waals surface area contributed by atoms with E-state index < -0.39 is 5.97 Å². The SMILES string of the molecule is COC(=O)COc1cccc(NC(=O)N2CCCC[C@H]2C)c1. The van der Waals surface area contributed by atoms with Gasteiger partial charge in [0, 0.05) is 24.3 Å². The summed E-state index contributed by atoms with van der Waals surface area (Å²) in [5.74, 6) is 0.0615. The first kappa shape index (κ1) is 16.1. The molecule has 22 heavy (non-hydrogen) atoms. The average molecular weight is 306 g/mol. The maximum absolute atomic E-state index is 12.3. The van der Waals surface area contributed by atoms with Crippen LogP contribution in [0.3, 0.4) is 0 Å². The van der Waals surface area contributed by atoms with E-state index in [1.54, 1.807) is 24.3 Å². The molecule has 1 fully saturated rings. The third-order valence-corrected chi connectivity index (χ3v) is 3.73. The Balaban J connectivity index is 1.94. The van der Waals surface area contributed by atoms with Gasteiger partial charge >= 0.3 is 12.0 Å². The smallest absolute Gasteiger partial charge is 0.343 e. The second-order valence-corrected chi connectivity index (χ2v) is 5.36. The van der Waals surface area contributed by atoms with Crippen molar-refractivity contribution < 1.29 is 19.1 Å². The number of methoxy groups -OCH3 is 1. The van der Waals surface area contributed by atoms with Crippen LogP contribution in [-0.4, -0.2) is 43.2 Å². The summed E-state index contributed by atoms with van der Waals surface area (Å²) in [6, 6.07) is 7.13. The molecule has 0 spiro atoms. The molecule has 2 rings (SSSR count). The second-order valence-electron chi connectivity index (χ2n) is 5.36.